The van der Waals surface area contributed by atoms with Gasteiger partial charge in [0.1, 0.15) is 0 Å². The van der Waals surface area contributed by atoms with E-state index in [1.165, 1.54) is 0 Å². The van der Waals surface area contributed by atoms with Crippen LogP contribution in [0, 0.1) is 0 Å². The Hall–Kier alpha value is -0.750. The quantitative estimate of drug-likeness (QED) is 0.456. The fourth-order valence-corrected chi connectivity index (χ4v) is 1.63. The fourth-order valence-electron chi connectivity index (χ4n) is 1.21. The molecule has 1 fully saturated rings. The Bertz CT molecular complexity index is 263. The van der Waals surface area contributed by atoms with Crippen LogP contribution in [0.25, 0.3) is 0 Å². The molecule has 0 aromatic rings. The van der Waals surface area contributed by atoms with Crippen LogP contribution in [-0.4, -0.2) is 52.2 Å². The summed E-state index contributed by atoms with van der Waals surface area (Å²) in [7, 11) is -0.940. The zero-order valence-corrected chi connectivity index (χ0v) is 9.00. The van der Waals surface area contributed by atoms with Crippen molar-refractivity contribution < 1.29 is 18.5 Å². The Morgan fingerprint density at radius 1 is 1.43 bits per heavy atom. The Morgan fingerprint density at radius 2 is 1.93 bits per heavy atom. The molecule has 80 valence electrons. The lowest BCUT2D eigenvalue weighted by Gasteiger charge is -2.25. The molecule has 0 amide bonds. The van der Waals surface area contributed by atoms with E-state index in [2.05, 4.69) is 4.74 Å². The molecule has 0 saturated carbocycles. The van der Waals surface area contributed by atoms with Gasteiger partial charge in [0.15, 0.2) is 0 Å². The van der Waals surface area contributed by atoms with E-state index in [1.807, 2.05) is 6.92 Å². The van der Waals surface area contributed by atoms with Crippen molar-refractivity contribution in [1.29, 1.82) is 0 Å². The maximum Gasteiger partial charge on any atom is 0.327 e. The van der Waals surface area contributed by atoms with Gasteiger partial charge in [-0.15, -0.1) is 0 Å². The SMILES string of the molecule is CC(CN1CC(=O)OC(=O)C1)S(C)=O. The van der Waals surface area contributed by atoms with Gasteiger partial charge in [-0.2, -0.15) is 0 Å². The predicted molar refractivity (Wildman–Crippen MR) is 51.1 cm³/mol. The van der Waals surface area contributed by atoms with Crippen LogP contribution in [0.1, 0.15) is 6.92 Å². The van der Waals surface area contributed by atoms with Gasteiger partial charge in [-0.1, -0.05) is 0 Å². The number of carbonyl (C=O) groups is 2. The third-order valence-electron chi connectivity index (χ3n) is 2.02. The van der Waals surface area contributed by atoms with Crippen LogP contribution in [0.15, 0.2) is 0 Å². The van der Waals surface area contributed by atoms with Crippen molar-refractivity contribution in [3.05, 3.63) is 0 Å². The van der Waals surface area contributed by atoms with Gasteiger partial charge in [-0.05, 0) is 6.92 Å². The van der Waals surface area contributed by atoms with Gasteiger partial charge >= 0.3 is 11.9 Å². The normalized spacial score (nSPS) is 23.0. The fraction of sp³-hybridized carbons (Fsp3) is 0.750. The molecular formula is C8H13NO4S. The van der Waals surface area contributed by atoms with Crippen molar-refractivity contribution in [1.82, 2.24) is 4.90 Å². The monoisotopic (exact) mass is 219 g/mol. The number of hydrogen-bond acceptors (Lipinski definition) is 5. The number of cyclic esters (lactones) is 2. The Kier molecular flexibility index (Phi) is 3.77. The second kappa shape index (κ2) is 4.65. The van der Waals surface area contributed by atoms with Gasteiger partial charge in [0, 0.05) is 28.9 Å². The molecule has 0 aromatic carbocycles. The van der Waals surface area contributed by atoms with E-state index in [1.54, 1.807) is 11.2 Å². The van der Waals surface area contributed by atoms with Gasteiger partial charge in [0.05, 0.1) is 13.1 Å². The molecule has 1 aliphatic heterocycles. The second-order valence-electron chi connectivity index (χ2n) is 3.32. The molecule has 0 aromatic heterocycles. The largest absolute Gasteiger partial charge is 0.391 e. The summed E-state index contributed by atoms with van der Waals surface area (Å²) in [6.07, 6.45) is 1.61. The minimum absolute atomic E-state index is 0.0475. The summed E-state index contributed by atoms with van der Waals surface area (Å²) in [4.78, 5) is 23.4. The third kappa shape index (κ3) is 3.19. The number of morpholine rings is 1. The average Bonchev–Trinajstić information content (AvgIpc) is 2.01. The minimum atomic E-state index is -0.940. The highest BCUT2D eigenvalue weighted by Gasteiger charge is 2.26. The average molecular weight is 219 g/mol. The second-order valence-corrected chi connectivity index (χ2v) is 5.13. The van der Waals surface area contributed by atoms with Crippen molar-refractivity contribution in [2.24, 2.45) is 0 Å². The number of esters is 2. The van der Waals surface area contributed by atoms with Crippen molar-refractivity contribution in [2.75, 3.05) is 25.9 Å². The van der Waals surface area contributed by atoms with Crippen molar-refractivity contribution in [2.45, 2.75) is 12.2 Å². The highest BCUT2D eigenvalue weighted by molar-refractivity contribution is 7.84. The summed E-state index contributed by atoms with van der Waals surface area (Å²) in [6, 6.07) is 0. The van der Waals surface area contributed by atoms with Crippen LogP contribution in [0.2, 0.25) is 0 Å². The number of nitrogens with zero attached hydrogens (tertiary/aromatic N) is 1. The van der Waals surface area contributed by atoms with Gasteiger partial charge in [0.25, 0.3) is 0 Å². The molecule has 0 N–H and O–H groups in total. The van der Waals surface area contributed by atoms with E-state index in [4.69, 9.17) is 0 Å². The summed E-state index contributed by atoms with van der Waals surface area (Å²) < 4.78 is 15.4. The van der Waals surface area contributed by atoms with Crippen molar-refractivity contribution in [3.63, 3.8) is 0 Å². The minimum Gasteiger partial charge on any atom is -0.391 e. The standard InChI is InChI=1S/C8H13NO4S/c1-6(14(2)12)3-9-4-7(10)13-8(11)5-9/h6H,3-5H2,1-2H3. The molecule has 2 unspecified atom stereocenters. The number of rotatable bonds is 3. The molecule has 5 nitrogen and oxygen atoms in total. The maximum absolute atomic E-state index is 11.1. The summed E-state index contributed by atoms with van der Waals surface area (Å²) in [6.45, 7) is 2.50. The summed E-state index contributed by atoms with van der Waals surface area (Å²) in [5.74, 6) is -1.06. The van der Waals surface area contributed by atoms with Crippen molar-refractivity contribution >= 4 is 22.7 Å². The number of carbonyl (C=O) groups excluding carboxylic acids is 2. The van der Waals surface area contributed by atoms with E-state index in [0.717, 1.165) is 0 Å². The molecule has 0 aliphatic carbocycles. The number of ether oxygens (including phenoxy) is 1. The topological polar surface area (TPSA) is 63.7 Å². The molecular weight excluding hydrogens is 206 g/mol. The highest BCUT2D eigenvalue weighted by Crippen LogP contribution is 2.03. The van der Waals surface area contributed by atoms with Crippen LogP contribution in [-0.2, 0) is 25.1 Å². The summed E-state index contributed by atoms with van der Waals surface area (Å²) >= 11 is 0. The molecule has 0 radical (unpaired) electrons. The third-order valence-corrected chi connectivity index (χ3v) is 3.30. The van der Waals surface area contributed by atoms with Crippen LogP contribution in [0.4, 0.5) is 0 Å². The predicted octanol–water partition coefficient (Wildman–Crippen LogP) is -0.861. The van der Waals surface area contributed by atoms with Crippen LogP contribution in [0.3, 0.4) is 0 Å². The smallest absolute Gasteiger partial charge is 0.327 e. The Labute approximate surface area is 84.9 Å². The van der Waals surface area contributed by atoms with Gasteiger partial charge < -0.3 is 4.74 Å². The van der Waals surface area contributed by atoms with Crippen LogP contribution in [0.5, 0.6) is 0 Å². The van der Waals surface area contributed by atoms with E-state index >= 15 is 0 Å². The van der Waals surface area contributed by atoms with Gasteiger partial charge in [0.2, 0.25) is 0 Å². The van der Waals surface area contributed by atoms with Gasteiger partial charge in [-0.3, -0.25) is 18.7 Å². The molecule has 1 saturated heterocycles. The van der Waals surface area contributed by atoms with Crippen LogP contribution >= 0.6 is 0 Å². The molecule has 1 aliphatic rings. The summed E-state index contributed by atoms with van der Waals surface area (Å²) in [5.41, 5.74) is 0. The highest BCUT2D eigenvalue weighted by atomic mass is 32.2. The molecule has 0 spiro atoms. The van der Waals surface area contributed by atoms with E-state index in [0.29, 0.717) is 6.54 Å². The van der Waals surface area contributed by atoms with Crippen molar-refractivity contribution in [3.8, 4) is 0 Å². The summed E-state index contributed by atoms with van der Waals surface area (Å²) in [5, 5.41) is -0.0475. The Morgan fingerprint density at radius 3 is 2.36 bits per heavy atom. The first-order valence-electron chi connectivity index (χ1n) is 4.27. The first-order chi connectivity index (χ1) is 6.49. The zero-order chi connectivity index (χ0) is 10.7. The van der Waals surface area contributed by atoms with E-state index < -0.39 is 22.7 Å². The van der Waals surface area contributed by atoms with Crippen LogP contribution < -0.4 is 0 Å². The first-order valence-corrected chi connectivity index (χ1v) is 5.89. The molecule has 6 heteroatoms. The molecule has 0 bridgehead atoms. The van der Waals surface area contributed by atoms with Gasteiger partial charge in [-0.25, -0.2) is 0 Å². The zero-order valence-electron chi connectivity index (χ0n) is 8.19. The lowest BCUT2D eigenvalue weighted by Crippen LogP contribution is -2.46. The maximum atomic E-state index is 11.1. The molecule has 2 atom stereocenters. The molecule has 1 rings (SSSR count). The lowest BCUT2D eigenvalue weighted by molar-refractivity contribution is -0.166. The first kappa shape index (κ1) is 11.3. The number of hydrogen-bond donors (Lipinski definition) is 0. The van der Waals surface area contributed by atoms with E-state index in [9.17, 15) is 13.8 Å². The molecule has 1 heterocycles. The molecule has 14 heavy (non-hydrogen) atoms. The van der Waals surface area contributed by atoms with E-state index in [-0.39, 0.29) is 18.3 Å². The lowest BCUT2D eigenvalue weighted by atomic mass is 10.3. The Balaban J connectivity index is 2.48.